The zero-order chi connectivity index (χ0) is 30.4. The van der Waals surface area contributed by atoms with Crippen LogP contribution in [0.4, 0.5) is 17.1 Å². The standard InChI is InChI=1S/C41H36N4/c1-3-23-41(24-4-2)33-14-6-8-17-37(33)44(39-27-29(19-22-34(39)41)35-15-9-11-25-42-35)30-20-21-32-31-13-5-7-16-36(31)45(38(32)28-30)40-18-10-12-26-43-40/h5-22,25-28H,3-4,23-24H2,1-2H3. The fourth-order valence-electron chi connectivity index (χ4n) is 7.79. The zero-order valence-corrected chi connectivity index (χ0v) is 25.8. The van der Waals surface area contributed by atoms with Gasteiger partial charge in [-0.05, 0) is 78.6 Å². The van der Waals surface area contributed by atoms with Crippen LogP contribution in [-0.2, 0) is 5.41 Å². The Morgan fingerprint density at radius 3 is 2.07 bits per heavy atom. The molecule has 0 spiro atoms. The Balaban J connectivity index is 1.43. The Labute approximate surface area is 264 Å². The second-order valence-electron chi connectivity index (χ2n) is 12.1. The molecule has 0 unspecified atom stereocenters. The summed E-state index contributed by atoms with van der Waals surface area (Å²) in [5, 5.41) is 2.45. The van der Waals surface area contributed by atoms with Gasteiger partial charge >= 0.3 is 0 Å². The molecule has 0 atom stereocenters. The van der Waals surface area contributed by atoms with Crippen molar-refractivity contribution in [2.45, 2.75) is 44.9 Å². The van der Waals surface area contributed by atoms with Crippen molar-refractivity contribution >= 4 is 38.9 Å². The maximum Gasteiger partial charge on any atom is 0.137 e. The first-order chi connectivity index (χ1) is 22.2. The smallest absolute Gasteiger partial charge is 0.137 e. The molecule has 45 heavy (non-hydrogen) atoms. The largest absolute Gasteiger partial charge is 0.310 e. The average molecular weight is 585 g/mol. The summed E-state index contributed by atoms with van der Waals surface area (Å²) >= 11 is 0. The van der Waals surface area contributed by atoms with Crippen LogP contribution < -0.4 is 4.90 Å². The van der Waals surface area contributed by atoms with Gasteiger partial charge in [-0.15, -0.1) is 0 Å². The average Bonchev–Trinajstić information content (AvgIpc) is 3.43. The molecular weight excluding hydrogens is 548 g/mol. The monoisotopic (exact) mass is 584 g/mol. The van der Waals surface area contributed by atoms with E-state index >= 15 is 0 Å². The Kier molecular flexibility index (Phi) is 6.71. The topological polar surface area (TPSA) is 34.0 Å². The molecule has 0 saturated carbocycles. The number of nitrogens with zero attached hydrogens (tertiary/aromatic N) is 4. The Hall–Kier alpha value is -5.22. The Bertz CT molecular complexity index is 2140. The van der Waals surface area contributed by atoms with Crippen LogP contribution in [0, 0.1) is 0 Å². The van der Waals surface area contributed by atoms with E-state index in [2.05, 4.69) is 133 Å². The molecule has 1 aliphatic heterocycles. The minimum absolute atomic E-state index is 0.0540. The van der Waals surface area contributed by atoms with Gasteiger partial charge in [-0.1, -0.05) is 93.4 Å². The summed E-state index contributed by atoms with van der Waals surface area (Å²) in [6, 6.07) is 43.9. The van der Waals surface area contributed by atoms with Gasteiger partial charge < -0.3 is 4.90 Å². The summed E-state index contributed by atoms with van der Waals surface area (Å²) in [5.41, 5.74) is 10.8. The highest BCUT2D eigenvalue weighted by Crippen LogP contribution is 2.56. The molecule has 8 rings (SSSR count). The van der Waals surface area contributed by atoms with Crippen molar-refractivity contribution in [2.24, 2.45) is 0 Å². The number of anilines is 3. The van der Waals surface area contributed by atoms with Crippen molar-refractivity contribution in [3.8, 4) is 17.1 Å². The summed E-state index contributed by atoms with van der Waals surface area (Å²) in [6.07, 6.45) is 8.20. The van der Waals surface area contributed by atoms with E-state index in [1.807, 2.05) is 24.5 Å². The number of aromatic nitrogens is 3. The van der Waals surface area contributed by atoms with Crippen molar-refractivity contribution in [3.05, 3.63) is 145 Å². The first kappa shape index (κ1) is 27.3. The van der Waals surface area contributed by atoms with Crippen LogP contribution in [0.3, 0.4) is 0 Å². The second kappa shape index (κ2) is 11.0. The third-order valence-corrected chi connectivity index (χ3v) is 9.52. The first-order valence-corrected chi connectivity index (χ1v) is 16.1. The number of rotatable bonds is 7. The predicted molar refractivity (Wildman–Crippen MR) is 187 cm³/mol. The van der Waals surface area contributed by atoms with Gasteiger partial charge in [0.2, 0.25) is 0 Å². The molecule has 0 aliphatic carbocycles. The quantitative estimate of drug-likeness (QED) is 0.187. The van der Waals surface area contributed by atoms with Gasteiger partial charge in [0.25, 0.3) is 0 Å². The molecule has 0 bridgehead atoms. The van der Waals surface area contributed by atoms with E-state index in [4.69, 9.17) is 9.97 Å². The number of pyridine rings is 2. The molecule has 0 radical (unpaired) electrons. The summed E-state index contributed by atoms with van der Waals surface area (Å²) in [4.78, 5) is 12.0. The van der Waals surface area contributed by atoms with E-state index in [0.29, 0.717) is 0 Å². The molecule has 0 N–H and O–H groups in total. The number of benzene rings is 4. The Morgan fingerprint density at radius 2 is 1.29 bits per heavy atom. The molecule has 4 nitrogen and oxygen atoms in total. The van der Waals surface area contributed by atoms with Crippen molar-refractivity contribution < 1.29 is 0 Å². The molecule has 4 heteroatoms. The van der Waals surface area contributed by atoms with Crippen LogP contribution in [0.2, 0.25) is 0 Å². The lowest BCUT2D eigenvalue weighted by Crippen LogP contribution is -2.35. The maximum atomic E-state index is 4.78. The number of hydrogen-bond acceptors (Lipinski definition) is 3. The summed E-state index contributed by atoms with van der Waals surface area (Å²) in [5.74, 6) is 0.919. The summed E-state index contributed by atoms with van der Waals surface area (Å²) in [7, 11) is 0. The van der Waals surface area contributed by atoms with Crippen LogP contribution in [0.15, 0.2) is 134 Å². The molecule has 220 valence electrons. The highest BCUT2D eigenvalue weighted by molar-refractivity contribution is 6.10. The van der Waals surface area contributed by atoms with Gasteiger partial charge in [-0.3, -0.25) is 9.55 Å². The van der Waals surface area contributed by atoms with Gasteiger partial charge in [-0.2, -0.15) is 0 Å². The lowest BCUT2D eigenvalue weighted by molar-refractivity contribution is 0.423. The van der Waals surface area contributed by atoms with Crippen LogP contribution in [-0.4, -0.2) is 14.5 Å². The van der Waals surface area contributed by atoms with E-state index in [0.717, 1.165) is 59.5 Å². The van der Waals surface area contributed by atoms with Crippen LogP contribution in [0.1, 0.15) is 50.7 Å². The normalized spacial score (nSPS) is 13.6. The van der Waals surface area contributed by atoms with Crippen LogP contribution >= 0.6 is 0 Å². The highest BCUT2D eigenvalue weighted by Gasteiger charge is 2.42. The van der Waals surface area contributed by atoms with Crippen LogP contribution in [0.25, 0.3) is 38.9 Å². The minimum atomic E-state index is -0.0540. The lowest BCUT2D eigenvalue weighted by Gasteiger charge is -2.46. The fourth-order valence-corrected chi connectivity index (χ4v) is 7.79. The van der Waals surface area contributed by atoms with Gasteiger partial charge in [-0.25, -0.2) is 4.98 Å². The second-order valence-corrected chi connectivity index (χ2v) is 12.1. The van der Waals surface area contributed by atoms with Crippen molar-refractivity contribution in [1.29, 1.82) is 0 Å². The minimum Gasteiger partial charge on any atom is -0.310 e. The molecular formula is C41H36N4. The molecule has 7 aromatic rings. The number of hydrogen-bond donors (Lipinski definition) is 0. The molecule has 4 heterocycles. The van der Waals surface area contributed by atoms with E-state index < -0.39 is 0 Å². The van der Waals surface area contributed by atoms with Gasteiger partial charge in [0.15, 0.2) is 0 Å². The number of para-hydroxylation sites is 2. The number of fused-ring (bicyclic) bond motifs is 5. The maximum absolute atomic E-state index is 4.78. The summed E-state index contributed by atoms with van der Waals surface area (Å²) < 4.78 is 2.30. The van der Waals surface area contributed by atoms with Gasteiger partial charge in [0, 0.05) is 39.8 Å². The lowest BCUT2D eigenvalue weighted by atomic mass is 9.65. The van der Waals surface area contributed by atoms with Gasteiger partial charge in [0.05, 0.1) is 28.1 Å². The third-order valence-electron chi connectivity index (χ3n) is 9.52. The molecule has 0 saturated heterocycles. The molecule has 0 amide bonds. The first-order valence-electron chi connectivity index (χ1n) is 16.1. The van der Waals surface area contributed by atoms with Crippen LogP contribution in [0.5, 0.6) is 0 Å². The van der Waals surface area contributed by atoms with Gasteiger partial charge in [0.1, 0.15) is 5.82 Å². The molecule has 4 aromatic carbocycles. The molecule has 1 aliphatic rings. The Morgan fingerprint density at radius 1 is 0.578 bits per heavy atom. The van der Waals surface area contributed by atoms with Crippen molar-refractivity contribution in [1.82, 2.24) is 14.5 Å². The predicted octanol–water partition coefficient (Wildman–Crippen LogP) is 10.9. The highest BCUT2D eigenvalue weighted by atomic mass is 15.2. The third kappa shape index (κ3) is 4.27. The van der Waals surface area contributed by atoms with E-state index in [1.165, 1.54) is 33.3 Å². The van der Waals surface area contributed by atoms with E-state index in [9.17, 15) is 0 Å². The fraction of sp³-hybridized carbons (Fsp3) is 0.171. The summed E-state index contributed by atoms with van der Waals surface area (Å²) in [6.45, 7) is 4.64. The van der Waals surface area contributed by atoms with E-state index in [1.54, 1.807) is 0 Å². The zero-order valence-electron chi connectivity index (χ0n) is 25.8. The molecule has 3 aromatic heterocycles. The van der Waals surface area contributed by atoms with E-state index in [-0.39, 0.29) is 5.41 Å². The SMILES string of the molecule is CCCC1(CCC)c2ccccc2N(c2ccc3c4ccccc4n(-c4ccccn4)c3c2)c2cc(-c3ccccn3)ccc21. The van der Waals surface area contributed by atoms with Crippen molar-refractivity contribution in [3.63, 3.8) is 0 Å². The van der Waals surface area contributed by atoms with Crippen molar-refractivity contribution in [2.75, 3.05) is 4.90 Å². The molecule has 0 fully saturated rings.